The summed E-state index contributed by atoms with van der Waals surface area (Å²) in [4.78, 5) is 17.0. The minimum atomic E-state index is -4.86. The number of hydrogen-bond acceptors (Lipinski definition) is 2. The molecule has 1 unspecified atom stereocenters. The predicted molar refractivity (Wildman–Crippen MR) is 70.2 cm³/mol. The summed E-state index contributed by atoms with van der Waals surface area (Å²) >= 11 is 0. The van der Waals surface area contributed by atoms with E-state index in [1.807, 2.05) is 6.92 Å². The van der Waals surface area contributed by atoms with Crippen LogP contribution in [0.1, 0.15) is 17.5 Å². The molecule has 2 heterocycles. The molecule has 2 amide bonds. The summed E-state index contributed by atoms with van der Waals surface area (Å²) in [5, 5.41) is 2.65. The third-order valence-corrected chi connectivity index (χ3v) is 3.61. The van der Waals surface area contributed by atoms with Gasteiger partial charge in [-0.1, -0.05) is 12.2 Å². The Hall–Kier alpha value is -0.0887. The quantitative estimate of drug-likeness (QED) is 0.764. The fourth-order valence-corrected chi connectivity index (χ4v) is 2.26. The summed E-state index contributed by atoms with van der Waals surface area (Å²) in [6, 6.07) is 1.34. The van der Waals surface area contributed by atoms with E-state index in [1.54, 1.807) is 18.5 Å². The summed E-state index contributed by atoms with van der Waals surface area (Å²) in [6.45, 7) is -2.77. The van der Waals surface area contributed by atoms with Gasteiger partial charge in [0.15, 0.2) is 0 Å². The molecule has 1 aliphatic heterocycles. The molecule has 0 spiro atoms. The van der Waals surface area contributed by atoms with Gasteiger partial charge < -0.3 is 23.2 Å². The van der Waals surface area contributed by atoms with E-state index in [-0.39, 0.29) is 70.9 Å². The van der Waals surface area contributed by atoms with Gasteiger partial charge in [0.2, 0.25) is 0 Å². The Morgan fingerprint density at radius 3 is 2.81 bits per heavy atom. The average molecular weight is 325 g/mol. The Kier molecular flexibility index (Phi) is 7.19. The van der Waals surface area contributed by atoms with Gasteiger partial charge in [0.1, 0.15) is 0 Å². The van der Waals surface area contributed by atoms with E-state index in [0.717, 1.165) is 11.1 Å². The Morgan fingerprint density at radius 1 is 1.52 bits per heavy atom. The van der Waals surface area contributed by atoms with Crippen molar-refractivity contribution in [3.05, 3.63) is 29.6 Å². The van der Waals surface area contributed by atoms with Crippen molar-refractivity contribution in [2.45, 2.75) is 25.7 Å². The molecular formula is C12H16BF3KN3O. The van der Waals surface area contributed by atoms with Gasteiger partial charge in [0, 0.05) is 32.0 Å². The molecule has 0 aromatic carbocycles. The number of urea groups is 1. The van der Waals surface area contributed by atoms with Crippen LogP contribution in [0.2, 0.25) is 5.82 Å². The first kappa shape index (κ1) is 19.0. The molecule has 1 atom stereocenters. The number of amides is 2. The number of nitrogens with zero attached hydrogens (tertiary/aromatic N) is 2. The Morgan fingerprint density at radius 2 is 2.24 bits per heavy atom. The van der Waals surface area contributed by atoms with Crippen LogP contribution in [0.4, 0.5) is 17.7 Å². The van der Waals surface area contributed by atoms with E-state index >= 15 is 0 Å². The smallest absolute Gasteiger partial charge is 0.449 e. The molecule has 1 aromatic heterocycles. The van der Waals surface area contributed by atoms with Gasteiger partial charge >= 0.3 is 64.4 Å². The summed E-state index contributed by atoms with van der Waals surface area (Å²) in [5.74, 6) is -1.34. The second-order valence-corrected chi connectivity index (χ2v) is 5.08. The Labute approximate surface area is 164 Å². The van der Waals surface area contributed by atoms with Crippen LogP contribution < -0.4 is 56.7 Å². The number of hydrogen-bond donors (Lipinski definition) is 1. The normalized spacial score (nSPS) is 18.3. The molecule has 0 radical (unpaired) electrons. The van der Waals surface area contributed by atoms with E-state index in [9.17, 15) is 17.7 Å². The van der Waals surface area contributed by atoms with E-state index in [4.69, 9.17) is 0 Å². The summed E-state index contributed by atoms with van der Waals surface area (Å²) < 4.78 is 37.8. The number of carbonyl (C=O) groups excluding carboxylic acids is 1. The molecule has 1 saturated heterocycles. The predicted octanol–water partition coefficient (Wildman–Crippen LogP) is -0.473. The maximum atomic E-state index is 12.6. The molecular weight excluding hydrogens is 309 g/mol. The van der Waals surface area contributed by atoms with E-state index < -0.39 is 18.8 Å². The van der Waals surface area contributed by atoms with Crippen molar-refractivity contribution in [3.8, 4) is 0 Å². The third kappa shape index (κ3) is 5.24. The Balaban J connectivity index is 0.00000220. The monoisotopic (exact) mass is 325 g/mol. The van der Waals surface area contributed by atoms with Gasteiger partial charge in [-0.15, -0.1) is 0 Å². The van der Waals surface area contributed by atoms with Crippen LogP contribution >= 0.6 is 0 Å². The van der Waals surface area contributed by atoms with Crippen molar-refractivity contribution in [3.63, 3.8) is 0 Å². The Bertz CT molecular complexity index is 501. The van der Waals surface area contributed by atoms with Crippen LogP contribution in [0, 0.1) is 6.92 Å². The van der Waals surface area contributed by atoms with Crippen molar-refractivity contribution in [1.82, 2.24) is 15.2 Å². The molecule has 1 N–H and O–H groups in total. The zero-order valence-electron chi connectivity index (χ0n) is 12.2. The number of rotatable bonds is 3. The SMILES string of the molecule is Cc1cnccc1CNC(=O)N1CCC([B-](F)(F)F)C1.[K+]. The van der Waals surface area contributed by atoms with Crippen LogP contribution in [-0.4, -0.2) is 36.0 Å². The molecule has 110 valence electrons. The largest absolute Gasteiger partial charge is 1.00 e. The van der Waals surface area contributed by atoms with E-state index in [2.05, 4.69) is 10.3 Å². The molecule has 4 nitrogen and oxygen atoms in total. The fraction of sp³-hybridized carbons (Fsp3) is 0.500. The van der Waals surface area contributed by atoms with Gasteiger partial charge in [0.05, 0.1) is 0 Å². The molecule has 1 fully saturated rings. The first-order valence-corrected chi connectivity index (χ1v) is 6.50. The minimum absolute atomic E-state index is 0. The maximum Gasteiger partial charge on any atom is 1.00 e. The van der Waals surface area contributed by atoms with Crippen LogP contribution in [0.15, 0.2) is 18.5 Å². The number of pyridine rings is 1. The molecule has 2 rings (SSSR count). The first-order chi connectivity index (χ1) is 9.38. The average Bonchev–Trinajstić information content (AvgIpc) is 2.87. The first-order valence-electron chi connectivity index (χ1n) is 6.50. The summed E-state index contributed by atoms with van der Waals surface area (Å²) in [7, 11) is 0. The van der Waals surface area contributed by atoms with Crippen LogP contribution in [-0.2, 0) is 6.54 Å². The van der Waals surface area contributed by atoms with Gasteiger partial charge in [-0.3, -0.25) is 4.98 Å². The third-order valence-electron chi connectivity index (χ3n) is 3.61. The van der Waals surface area contributed by atoms with Crippen LogP contribution in [0.3, 0.4) is 0 Å². The number of carbonyl (C=O) groups is 1. The molecule has 1 aliphatic rings. The van der Waals surface area contributed by atoms with Crippen molar-refractivity contribution < 1.29 is 69.1 Å². The number of halogens is 3. The van der Waals surface area contributed by atoms with Crippen molar-refractivity contribution in [2.75, 3.05) is 13.1 Å². The summed E-state index contributed by atoms with van der Waals surface area (Å²) in [5.41, 5.74) is 1.84. The van der Waals surface area contributed by atoms with Gasteiger partial charge in [0.25, 0.3) is 0 Å². The van der Waals surface area contributed by atoms with Crippen molar-refractivity contribution in [1.29, 1.82) is 0 Å². The topological polar surface area (TPSA) is 45.2 Å². The molecule has 0 saturated carbocycles. The van der Waals surface area contributed by atoms with E-state index in [0.29, 0.717) is 6.54 Å². The van der Waals surface area contributed by atoms with Crippen LogP contribution in [0.5, 0.6) is 0 Å². The zero-order chi connectivity index (χ0) is 14.8. The molecule has 0 bridgehead atoms. The van der Waals surface area contributed by atoms with Gasteiger partial charge in [-0.05, 0) is 24.1 Å². The number of aryl methyl sites for hydroxylation is 1. The van der Waals surface area contributed by atoms with Gasteiger partial charge in [-0.25, -0.2) is 4.79 Å². The van der Waals surface area contributed by atoms with Crippen molar-refractivity contribution in [2.24, 2.45) is 0 Å². The zero-order valence-corrected chi connectivity index (χ0v) is 15.3. The molecule has 9 heteroatoms. The fourth-order valence-electron chi connectivity index (χ4n) is 2.26. The van der Waals surface area contributed by atoms with Gasteiger partial charge in [-0.2, -0.15) is 0 Å². The standard InChI is InChI=1S/C12H16BF3N3O.K/c1-9-6-17-4-2-10(9)7-18-12(20)19-5-3-11(8-19)13(14,15)16;/h2,4,6,11H,3,5,7-8H2,1H3,(H,18,20);/q-1;+1. The molecule has 0 aliphatic carbocycles. The maximum absolute atomic E-state index is 12.6. The number of likely N-dealkylation sites (tertiary alicyclic amines) is 1. The van der Waals surface area contributed by atoms with Crippen LogP contribution in [0.25, 0.3) is 0 Å². The second-order valence-electron chi connectivity index (χ2n) is 5.08. The molecule has 21 heavy (non-hydrogen) atoms. The number of aromatic nitrogens is 1. The second kappa shape index (κ2) is 7.96. The summed E-state index contributed by atoms with van der Waals surface area (Å²) in [6.07, 6.45) is 3.30. The van der Waals surface area contributed by atoms with E-state index in [1.165, 1.54) is 4.90 Å². The van der Waals surface area contributed by atoms with Crippen molar-refractivity contribution >= 4 is 13.0 Å². The number of nitrogens with one attached hydrogen (secondary N) is 1. The minimum Gasteiger partial charge on any atom is -0.449 e. The molecule has 1 aromatic rings.